The first-order valence-corrected chi connectivity index (χ1v) is 7.92. The van der Waals surface area contributed by atoms with Crippen LogP contribution in [0.5, 0.6) is 0 Å². The van der Waals surface area contributed by atoms with Crippen LogP contribution >= 0.6 is 27.5 Å². The van der Waals surface area contributed by atoms with E-state index in [1.54, 1.807) is 0 Å². The Morgan fingerprint density at radius 3 is 2.30 bits per heavy atom. The second-order valence-corrected chi connectivity index (χ2v) is 6.46. The van der Waals surface area contributed by atoms with Gasteiger partial charge in [-0.25, -0.2) is 0 Å². The standard InChI is InChI=1S/C17H19BrClN/c1-11-6-4-5-7-15(11)12(2)20-13(3)16-9-8-14(18)10-17(16)19/h4-10,12-13,20H,1-3H3/t12-,13?/m1/s1. The molecule has 0 fully saturated rings. The summed E-state index contributed by atoms with van der Waals surface area (Å²) in [4.78, 5) is 0. The lowest BCUT2D eigenvalue weighted by Crippen LogP contribution is -2.23. The van der Waals surface area contributed by atoms with E-state index in [1.807, 2.05) is 12.1 Å². The summed E-state index contributed by atoms with van der Waals surface area (Å²) in [5.74, 6) is 0. The van der Waals surface area contributed by atoms with Crippen molar-refractivity contribution in [2.45, 2.75) is 32.9 Å². The lowest BCUT2D eigenvalue weighted by atomic mass is 10.0. The molecule has 0 aliphatic heterocycles. The van der Waals surface area contributed by atoms with Crippen molar-refractivity contribution in [3.8, 4) is 0 Å². The molecule has 0 radical (unpaired) electrons. The van der Waals surface area contributed by atoms with Gasteiger partial charge in [-0.3, -0.25) is 0 Å². The third-order valence-corrected chi connectivity index (χ3v) is 4.40. The Hall–Kier alpha value is -0.830. The molecule has 2 rings (SSSR count). The lowest BCUT2D eigenvalue weighted by molar-refractivity contribution is 0.493. The number of aryl methyl sites for hydroxylation is 1. The Morgan fingerprint density at radius 2 is 1.65 bits per heavy atom. The summed E-state index contributed by atoms with van der Waals surface area (Å²) < 4.78 is 1.01. The Morgan fingerprint density at radius 1 is 1.00 bits per heavy atom. The minimum Gasteiger partial charge on any atom is -0.304 e. The van der Waals surface area contributed by atoms with Crippen LogP contribution < -0.4 is 5.32 Å². The fourth-order valence-electron chi connectivity index (χ4n) is 2.48. The minimum absolute atomic E-state index is 0.199. The Balaban J connectivity index is 2.15. The molecule has 0 aromatic heterocycles. The van der Waals surface area contributed by atoms with Gasteiger partial charge in [-0.2, -0.15) is 0 Å². The molecule has 0 amide bonds. The first-order chi connectivity index (χ1) is 9.49. The molecule has 2 atom stereocenters. The van der Waals surface area contributed by atoms with Crippen LogP contribution in [0.3, 0.4) is 0 Å². The summed E-state index contributed by atoms with van der Waals surface area (Å²) in [7, 11) is 0. The number of hydrogen-bond donors (Lipinski definition) is 1. The van der Waals surface area contributed by atoms with E-state index in [0.717, 1.165) is 15.1 Å². The lowest BCUT2D eigenvalue weighted by Gasteiger charge is -2.23. The molecular weight excluding hydrogens is 334 g/mol. The van der Waals surface area contributed by atoms with Crippen molar-refractivity contribution in [1.82, 2.24) is 5.32 Å². The van der Waals surface area contributed by atoms with E-state index in [2.05, 4.69) is 72.3 Å². The van der Waals surface area contributed by atoms with Gasteiger partial charge < -0.3 is 5.32 Å². The van der Waals surface area contributed by atoms with Crippen molar-refractivity contribution < 1.29 is 0 Å². The van der Waals surface area contributed by atoms with Crippen molar-refractivity contribution >= 4 is 27.5 Å². The van der Waals surface area contributed by atoms with Gasteiger partial charge in [0.05, 0.1) is 0 Å². The van der Waals surface area contributed by atoms with E-state index in [0.29, 0.717) is 0 Å². The molecule has 0 aliphatic carbocycles. The molecule has 3 heteroatoms. The topological polar surface area (TPSA) is 12.0 Å². The number of hydrogen-bond acceptors (Lipinski definition) is 1. The second-order valence-electron chi connectivity index (χ2n) is 5.13. The smallest absolute Gasteiger partial charge is 0.0464 e. The molecule has 0 aliphatic rings. The summed E-state index contributed by atoms with van der Waals surface area (Å²) in [6.07, 6.45) is 0. The maximum Gasteiger partial charge on any atom is 0.0464 e. The minimum atomic E-state index is 0.199. The van der Waals surface area contributed by atoms with Crippen LogP contribution in [0.2, 0.25) is 5.02 Å². The quantitative estimate of drug-likeness (QED) is 0.730. The number of benzene rings is 2. The van der Waals surface area contributed by atoms with E-state index >= 15 is 0 Å². The number of halogens is 2. The maximum absolute atomic E-state index is 6.32. The molecule has 1 nitrogen and oxygen atoms in total. The summed E-state index contributed by atoms with van der Waals surface area (Å²) in [5, 5.41) is 4.40. The summed E-state index contributed by atoms with van der Waals surface area (Å²) in [6, 6.07) is 15.0. The summed E-state index contributed by atoms with van der Waals surface area (Å²) >= 11 is 9.75. The van der Waals surface area contributed by atoms with E-state index in [4.69, 9.17) is 11.6 Å². The molecule has 0 saturated heterocycles. The van der Waals surface area contributed by atoms with Gasteiger partial charge in [-0.1, -0.05) is 57.9 Å². The van der Waals surface area contributed by atoms with E-state index in [1.165, 1.54) is 11.1 Å². The zero-order chi connectivity index (χ0) is 14.7. The molecule has 1 N–H and O–H groups in total. The molecule has 20 heavy (non-hydrogen) atoms. The highest BCUT2D eigenvalue weighted by atomic mass is 79.9. The SMILES string of the molecule is Cc1ccccc1[C@@H](C)NC(C)c1ccc(Br)cc1Cl. The fraction of sp³-hybridized carbons (Fsp3) is 0.294. The Bertz CT molecular complexity index is 597. The van der Waals surface area contributed by atoms with Gasteiger partial charge in [-0.15, -0.1) is 0 Å². The van der Waals surface area contributed by atoms with Crippen LogP contribution in [0, 0.1) is 6.92 Å². The highest BCUT2D eigenvalue weighted by molar-refractivity contribution is 9.10. The van der Waals surface area contributed by atoms with Crippen LogP contribution in [-0.2, 0) is 0 Å². The third kappa shape index (κ3) is 3.63. The van der Waals surface area contributed by atoms with Crippen molar-refractivity contribution in [2.24, 2.45) is 0 Å². The predicted octanol–water partition coefficient (Wildman–Crippen LogP) is 5.82. The van der Waals surface area contributed by atoms with Gasteiger partial charge in [0, 0.05) is 21.6 Å². The fourth-order valence-corrected chi connectivity index (χ4v) is 3.32. The number of nitrogens with one attached hydrogen (secondary N) is 1. The van der Waals surface area contributed by atoms with Crippen molar-refractivity contribution in [2.75, 3.05) is 0 Å². The zero-order valence-electron chi connectivity index (χ0n) is 12.0. The van der Waals surface area contributed by atoms with Crippen LogP contribution in [-0.4, -0.2) is 0 Å². The van der Waals surface area contributed by atoms with Crippen LogP contribution in [0.4, 0.5) is 0 Å². The van der Waals surface area contributed by atoms with Crippen LogP contribution in [0.1, 0.15) is 42.6 Å². The highest BCUT2D eigenvalue weighted by Crippen LogP contribution is 2.28. The molecule has 2 aromatic carbocycles. The average Bonchev–Trinajstić information content (AvgIpc) is 2.38. The van der Waals surface area contributed by atoms with Gasteiger partial charge >= 0.3 is 0 Å². The van der Waals surface area contributed by atoms with Crippen molar-refractivity contribution in [3.05, 3.63) is 68.7 Å². The maximum atomic E-state index is 6.32. The summed E-state index contributed by atoms with van der Waals surface area (Å²) in [5.41, 5.74) is 3.75. The van der Waals surface area contributed by atoms with E-state index in [-0.39, 0.29) is 12.1 Å². The first kappa shape index (κ1) is 15.6. The predicted molar refractivity (Wildman–Crippen MR) is 90.3 cm³/mol. The molecule has 0 bridgehead atoms. The second kappa shape index (κ2) is 6.75. The van der Waals surface area contributed by atoms with E-state index < -0.39 is 0 Å². The van der Waals surface area contributed by atoms with Crippen molar-refractivity contribution in [3.63, 3.8) is 0 Å². The van der Waals surface area contributed by atoms with Gasteiger partial charge in [0.15, 0.2) is 0 Å². The monoisotopic (exact) mass is 351 g/mol. The largest absolute Gasteiger partial charge is 0.304 e. The van der Waals surface area contributed by atoms with Gasteiger partial charge in [0.25, 0.3) is 0 Å². The van der Waals surface area contributed by atoms with Crippen LogP contribution in [0.25, 0.3) is 0 Å². The first-order valence-electron chi connectivity index (χ1n) is 6.75. The molecule has 0 heterocycles. The van der Waals surface area contributed by atoms with Gasteiger partial charge in [0.2, 0.25) is 0 Å². The average molecular weight is 353 g/mol. The molecule has 0 saturated carbocycles. The molecule has 2 aromatic rings. The van der Waals surface area contributed by atoms with Crippen molar-refractivity contribution in [1.29, 1.82) is 0 Å². The van der Waals surface area contributed by atoms with Gasteiger partial charge in [-0.05, 0) is 49.6 Å². The summed E-state index contributed by atoms with van der Waals surface area (Å²) in [6.45, 7) is 6.47. The Labute approximate surface area is 134 Å². The molecular formula is C17H19BrClN. The molecule has 1 unspecified atom stereocenters. The molecule has 0 spiro atoms. The zero-order valence-corrected chi connectivity index (χ0v) is 14.3. The highest BCUT2D eigenvalue weighted by Gasteiger charge is 2.14. The Kier molecular flexibility index (Phi) is 5.25. The molecule has 106 valence electrons. The van der Waals surface area contributed by atoms with Gasteiger partial charge in [0.1, 0.15) is 0 Å². The third-order valence-electron chi connectivity index (χ3n) is 3.58. The van der Waals surface area contributed by atoms with E-state index in [9.17, 15) is 0 Å². The number of rotatable bonds is 4. The van der Waals surface area contributed by atoms with Crippen LogP contribution in [0.15, 0.2) is 46.9 Å². The normalized spacial score (nSPS) is 14.1.